The Hall–Kier alpha value is -0.810. The second kappa shape index (κ2) is 34.3. The average molecular weight is 713 g/mol. The first kappa shape index (κ1) is 46.2. The summed E-state index contributed by atoms with van der Waals surface area (Å²) in [5, 5.41) is 0. The van der Waals surface area contributed by atoms with Gasteiger partial charge in [-0.05, 0) is 57.4 Å². The molecule has 49 heavy (non-hydrogen) atoms. The molecule has 0 radical (unpaired) electrons. The highest BCUT2D eigenvalue weighted by atomic mass is 35.5. The third-order valence-electron chi connectivity index (χ3n) is 10.9. The smallest absolute Gasteiger partial charge is 0.306 e. The summed E-state index contributed by atoms with van der Waals surface area (Å²) in [5.41, 5.74) is 0. The monoisotopic (exact) mass is 712 g/mol. The molecule has 0 N–H and O–H groups in total. The molecule has 0 spiro atoms. The van der Waals surface area contributed by atoms with E-state index < -0.39 is 0 Å². The van der Waals surface area contributed by atoms with Gasteiger partial charge in [-0.25, -0.2) is 0 Å². The minimum Gasteiger partial charge on any atom is -0.465 e. The third-order valence-corrected chi connectivity index (χ3v) is 11.0. The number of ether oxygens (including phenoxy) is 2. The molecule has 0 aliphatic heterocycles. The van der Waals surface area contributed by atoms with E-state index in [-0.39, 0.29) is 17.9 Å². The van der Waals surface area contributed by atoms with E-state index in [0.717, 1.165) is 58.0 Å². The Morgan fingerprint density at radius 2 is 1.04 bits per heavy atom. The van der Waals surface area contributed by atoms with Crippen LogP contribution in [0.25, 0.3) is 0 Å². The number of nitrogens with zero attached hydrogens (tertiary/aromatic N) is 1. The van der Waals surface area contributed by atoms with Crippen LogP contribution in [0.3, 0.4) is 0 Å². The van der Waals surface area contributed by atoms with Crippen molar-refractivity contribution in [2.75, 3.05) is 32.2 Å². The van der Waals surface area contributed by atoms with Crippen molar-refractivity contribution < 1.29 is 19.1 Å². The van der Waals surface area contributed by atoms with E-state index in [1.807, 2.05) is 0 Å². The molecule has 1 saturated carbocycles. The number of carbonyl (C=O) groups is 2. The highest BCUT2D eigenvalue weighted by Crippen LogP contribution is 2.25. The van der Waals surface area contributed by atoms with Gasteiger partial charge in [-0.15, -0.1) is 11.6 Å². The van der Waals surface area contributed by atoms with E-state index in [2.05, 4.69) is 25.7 Å². The van der Waals surface area contributed by atoms with Crippen LogP contribution in [0.2, 0.25) is 0 Å². The number of alkyl halides is 1. The summed E-state index contributed by atoms with van der Waals surface area (Å²) in [5.74, 6) is 1.00. The van der Waals surface area contributed by atoms with Crippen molar-refractivity contribution in [1.82, 2.24) is 4.90 Å². The topological polar surface area (TPSA) is 55.8 Å². The number of unbranched alkanes of at least 4 members (excludes halogenated alkanes) is 16. The fraction of sp³-hybridized carbons (Fsp3) is 0.953. The predicted octanol–water partition coefficient (Wildman–Crippen LogP) is 13.0. The lowest BCUT2D eigenvalue weighted by atomic mass is 9.91. The van der Waals surface area contributed by atoms with Crippen molar-refractivity contribution in [2.45, 2.75) is 219 Å². The van der Waals surface area contributed by atoms with Gasteiger partial charge in [0.05, 0.1) is 13.2 Å². The summed E-state index contributed by atoms with van der Waals surface area (Å²) >= 11 is 6.19. The molecule has 0 bridgehead atoms. The standard InChI is InChI=1S/C43H82ClNO4/c1-4-7-10-13-15-16-18-24-32-42(46)48-37-40(29-25-26-34-45(35-33-44)41-30-22-19-23-31-41)38-49-43(47)36-39(27-20-12-9-6-3)28-21-17-14-11-8-5-2/h39-41H,4-38H2,1-3H3. The Labute approximate surface area is 310 Å². The number of esters is 2. The third kappa shape index (κ3) is 27.5. The summed E-state index contributed by atoms with van der Waals surface area (Å²) in [7, 11) is 0. The first-order valence-corrected chi connectivity index (χ1v) is 22.2. The lowest BCUT2D eigenvalue weighted by Crippen LogP contribution is -2.38. The summed E-state index contributed by atoms with van der Waals surface area (Å²) in [6.07, 6.45) is 35.4. The number of hydrogen-bond donors (Lipinski definition) is 0. The molecule has 5 nitrogen and oxygen atoms in total. The van der Waals surface area contributed by atoms with Gasteiger partial charge in [-0.2, -0.15) is 0 Å². The van der Waals surface area contributed by atoms with Gasteiger partial charge < -0.3 is 9.47 Å². The van der Waals surface area contributed by atoms with E-state index >= 15 is 0 Å². The highest BCUT2D eigenvalue weighted by Gasteiger charge is 2.22. The molecule has 1 fully saturated rings. The molecule has 2 atom stereocenters. The van der Waals surface area contributed by atoms with Crippen LogP contribution in [0.5, 0.6) is 0 Å². The van der Waals surface area contributed by atoms with Crippen molar-refractivity contribution in [3.05, 3.63) is 0 Å². The normalized spacial score (nSPS) is 15.0. The Bertz CT molecular complexity index is 743. The summed E-state index contributed by atoms with van der Waals surface area (Å²) in [4.78, 5) is 28.4. The molecule has 2 unspecified atom stereocenters. The van der Waals surface area contributed by atoms with Gasteiger partial charge in [-0.1, -0.05) is 156 Å². The zero-order valence-electron chi connectivity index (χ0n) is 32.9. The molecule has 1 aliphatic carbocycles. The Kier molecular flexibility index (Phi) is 32.3. The fourth-order valence-corrected chi connectivity index (χ4v) is 7.82. The molecular formula is C43H82ClNO4. The van der Waals surface area contributed by atoms with E-state index in [4.69, 9.17) is 21.1 Å². The molecule has 0 aromatic heterocycles. The Morgan fingerprint density at radius 3 is 1.61 bits per heavy atom. The Balaban J connectivity index is 2.60. The van der Waals surface area contributed by atoms with Crippen LogP contribution in [-0.4, -0.2) is 55.1 Å². The van der Waals surface area contributed by atoms with Crippen LogP contribution in [0.15, 0.2) is 0 Å². The minimum atomic E-state index is -0.0982. The number of carbonyl (C=O) groups excluding carboxylic acids is 2. The maximum absolute atomic E-state index is 13.2. The van der Waals surface area contributed by atoms with Crippen molar-refractivity contribution in [3.8, 4) is 0 Å². The highest BCUT2D eigenvalue weighted by molar-refractivity contribution is 6.18. The number of halogens is 1. The second-order valence-corrected chi connectivity index (χ2v) is 15.8. The van der Waals surface area contributed by atoms with Gasteiger partial charge in [0.2, 0.25) is 0 Å². The zero-order chi connectivity index (χ0) is 35.6. The average Bonchev–Trinajstić information content (AvgIpc) is 3.11. The summed E-state index contributed by atoms with van der Waals surface area (Å²) < 4.78 is 11.8. The Morgan fingerprint density at radius 1 is 0.571 bits per heavy atom. The van der Waals surface area contributed by atoms with E-state index in [1.165, 1.54) is 135 Å². The van der Waals surface area contributed by atoms with Crippen LogP contribution >= 0.6 is 11.6 Å². The second-order valence-electron chi connectivity index (χ2n) is 15.4. The van der Waals surface area contributed by atoms with Crippen molar-refractivity contribution in [1.29, 1.82) is 0 Å². The SMILES string of the molecule is CCCCCCCCCCC(=O)OCC(CCCCN(CCCl)C1CCCCC1)COC(=O)CC(CCCCCC)CCCCCCCC. The number of rotatable bonds is 35. The zero-order valence-corrected chi connectivity index (χ0v) is 33.7. The largest absolute Gasteiger partial charge is 0.465 e. The van der Waals surface area contributed by atoms with Gasteiger partial charge >= 0.3 is 11.9 Å². The molecule has 290 valence electrons. The lowest BCUT2D eigenvalue weighted by Gasteiger charge is -2.34. The van der Waals surface area contributed by atoms with E-state index in [1.54, 1.807) is 0 Å². The maximum Gasteiger partial charge on any atom is 0.306 e. The molecule has 6 heteroatoms. The quantitative estimate of drug-likeness (QED) is 0.0372. The van der Waals surface area contributed by atoms with Crippen molar-refractivity contribution in [3.63, 3.8) is 0 Å². The van der Waals surface area contributed by atoms with Gasteiger partial charge in [0, 0.05) is 37.2 Å². The fourth-order valence-electron chi connectivity index (χ4n) is 7.61. The first-order valence-electron chi connectivity index (χ1n) is 21.6. The lowest BCUT2D eigenvalue weighted by molar-refractivity contribution is -0.150. The predicted molar refractivity (Wildman–Crippen MR) is 211 cm³/mol. The van der Waals surface area contributed by atoms with E-state index in [0.29, 0.717) is 43.9 Å². The maximum atomic E-state index is 13.2. The van der Waals surface area contributed by atoms with Gasteiger partial charge in [0.25, 0.3) is 0 Å². The molecule has 1 aliphatic rings. The van der Waals surface area contributed by atoms with Crippen molar-refractivity contribution >= 4 is 23.5 Å². The summed E-state index contributed by atoms with van der Waals surface area (Å²) in [6.45, 7) is 9.51. The van der Waals surface area contributed by atoms with Gasteiger partial charge in [0.15, 0.2) is 0 Å². The number of hydrogen-bond acceptors (Lipinski definition) is 5. The molecule has 0 aromatic rings. The van der Waals surface area contributed by atoms with Crippen LogP contribution < -0.4 is 0 Å². The molecular weight excluding hydrogens is 630 g/mol. The van der Waals surface area contributed by atoms with Crippen molar-refractivity contribution in [2.24, 2.45) is 11.8 Å². The molecule has 1 rings (SSSR count). The van der Waals surface area contributed by atoms with Gasteiger partial charge in [0.1, 0.15) is 0 Å². The molecule has 0 aromatic carbocycles. The van der Waals surface area contributed by atoms with Crippen LogP contribution in [0.4, 0.5) is 0 Å². The van der Waals surface area contributed by atoms with Gasteiger partial charge in [-0.3, -0.25) is 14.5 Å². The van der Waals surface area contributed by atoms with Crippen LogP contribution in [0.1, 0.15) is 213 Å². The van der Waals surface area contributed by atoms with E-state index in [9.17, 15) is 9.59 Å². The summed E-state index contributed by atoms with van der Waals surface area (Å²) in [6, 6.07) is 0.674. The molecule has 0 saturated heterocycles. The minimum absolute atomic E-state index is 0.0594. The first-order chi connectivity index (χ1) is 24.0. The van der Waals surface area contributed by atoms with Crippen LogP contribution in [0, 0.1) is 11.8 Å². The van der Waals surface area contributed by atoms with Crippen LogP contribution in [-0.2, 0) is 19.1 Å². The molecule has 0 heterocycles. The molecule has 0 amide bonds.